The van der Waals surface area contributed by atoms with Crippen LogP contribution in [0.1, 0.15) is 6.92 Å². The summed E-state index contributed by atoms with van der Waals surface area (Å²) in [7, 11) is 1.50. The van der Waals surface area contributed by atoms with Crippen LogP contribution in [0.4, 0.5) is 5.69 Å². The molecule has 1 amide bonds. The van der Waals surface area contributed by atoms with Crippen molar-refractivity contribution in [2.75, 3.05) is 12.4 Å². The number of methoxy groups -OCH3 is 1. The Balaban J connectivity index is 1.90. The molecule has 1 fully saturated rings. The van der Waals surface area contributed by atoms with Crippen LogP contribution in [0.15, 0.2) is 34.8 Å². The molecule has 0 aromatic heterocycles. The molecule has 2 bridgehead atoms. The van der Waals surface area contributed by atoms with Gasteiger partial charge in [0.05, 0.1) is 30.4 Å². The van der Waals surface area contributed by atoms with Crippen molar-refractivity contribution in [2.24, 2.45) is 11.8 Å². The smallest absolute Gasteiger partial charge is 0.310 e. The summed E-state index contributed by atoms with van der Waals surface area (Å²) in [6.45, 7) is 1.73. The molecule has 4 atom stereocenters. The molecule has 0 aliphatic carbocycles. The molecular weight excluding hydrogens is 366 g/mol. The van der Waals surface area contributed by atoms with Gasteiger partial charge in [-0.05, 0) is 25.1 Å². The number of benzene rings is 1. The first-order valence-electron chi connectivity index (χ1n) is 7.10. The number of rotatable bonds is 4. The van der Waals surface area contributed by atoms with E-state index in [1.54, 1.807) is 37.3 Å². The Hall–Kier alpha value is -1.86. The van der Waals surface area contributed by atoms with Gasteiger partial charge in [-0.2, -0.15) is 0 Å². The number of hydrogen-bond acceptors (Lipinski definition) is 4. The number of amides is 1. The van der Waals surface area contributed by atoms with Gasteiger partial charge in [0.2, 0.25) is 5.91 Å². The molecule has 122 valence electrons. The molecule has 2 aliphatic rings. The zero-order chi connectivity index (χ0) is 16.8. The highest BCUT2D eigenvalue weighted by Crippen LogP contribution is 2.47. The number of fused-ring (bicyclic) bond motifs is 2. The lowest BCUT2D eigenvalue weighted by molar-refractivity contribution is -0.146. The van der Waals surface area contributed by atoms with Crippen LogP contribution >= 0.6 is 15.9 Å². The van der Waals surface area contributed by atoms with Crippen molar-refractivity contribution in [3.8, 4) is 5.75 Å². The number of nitrogens with one attached hydrogen (secondary N) is 1. The molecule has 0 spiro atoms. The highest BCUT2D eigenvalue weighted by Gasteiger charge is 2.59. The van der Waals surface area contributed by atoms with E-state index < -0.39 is 35.4 Å². The Kier molecular flexibility index (Phi) is 3.93. The average Bonchev–Trinajstić information content (AvgIpc) is 3.00. The molecule has 1 aromatic rings. The first-order valence-corrected chi connectivity index (χ1v) is 7.89. The predicted octanol–water partition coefficient (Wildman–Crippen LogP) is 2.44. The number of aliphatic carboxylic acids is 1. The van der Waals surface area contributed by atoms with Crippen molar-refractivity contribution >= 4 is 33.5 Å². The lowest BCUT2D eigenvalue weighted by atomic mass is 9.75. The molecule has 1 aromatic carbocycles. The van der Waals surface area contributed by atoms with Crippen LogP contribution in [-0.4, -0.2) is 35.8 Å². The second kappa shape index (κ2) is 5.65. The van der Waals surface area contributed by atoms with E-state index in [1.165, 1.54) is 7.11 Å². The monoisotopic (exact) mass is 381 g/mol. The second-order valence-electron chi connectivity index (χ2n) is 5.80. The van der Waals surface area contributed by atoms with Crippen molar-refractivity contribution in [2.45, 2.75) is 18.6 Å². The van der Waals surface area contributed by atoms with E-state index in [0.29, 0.717) is 11.4 Å². The van der Waals surface area contributed by atoms with Crippen molar-refractivity contribution < 1.29 is 24.2 Å². The van der Waals surface area contributed by atoms with Crippen LogP contribution in [0.25, 0.3) is 0 Å². The van der Waals surface area contributed by atoms with Crippen molar-refractivity contribution in [3.05, 3.63) is 34.8 Å². The molecule has 2 heterocycles. The van der Waals surface area contributed by atoms with E-state index in [1.807, 2.05) is 0 Å². The molecule has 3 rings (SSSR count). The molecule has 1 saturated heterocycles. The van der Waals surface area contributed by atoms with Crippen LogP contribution in [0, 0.1) is 11.8 Å². The van der Waals surface area contributed by atoms with Gasteiger partial charge in [0, 0.05) is 4.47 Å². The fourth-order valence-corrected chi connectivity index (χ4v) is 3.63. The molecule has 7 heteroatoms. The Morgan fingerprint density at radius 3 is 2.83 bits per heavy atom. The molecule has 2 aliphatic heterocycles. The summed E-state index contributed by atoms with van der Waals surface area (Å²) in [5.74, 6) is -2.65. The summed E-state index contributed by atoms with van der Waals surface area (Å²) in [5, 5.41) is 12.2. The van der Waals surface area contributed by atoms with Crippen LogP contribution in [0.3, 0.4) is 0 Å². The largest absolute Gasteiger partial charge is 0.495 e. The minimum atomic E-state index is -1.04. The van der Waals surface area contributed by atoms with Gasteiger partial charge in [-0.15, -0.1) is 0 Å². The fraction of sp³-hybridized carbons (Fsp3) is 0.375. The van der Waals surface area contributed by atoms with Gasteiger partial charge in [0.25, 0.3) is 0 Å². The van der Waals surface area contributed by atoms with Crippen LogP contribution in [0.2, 0.25) is 0 Å². The third-order valence-electron chi connectivity index (χ3n) is 4.32. The highest BCUT2D eigenvalue weighted by molar-refractivity contribution is 9.10. The van der Waals surface area contributed by atoms with Gasteiger partial charge in [-0.1, -0.05) is 28.1 Å². The van der Waals surface area contributed by atoms with Gasteiger partial charge < -0.3 is 19.9 Å². The SMILES string of the molecule is COc1ccc(Br)cc1NC(=O)C1C(C(=O)O)C2C=CC1(C)O2. The van der Waals surface area contributed by atoms with E-state index in [4.69, 9.17) is 9.47 Å². The molecule has 23 heavy (non-hydrogen) atoms. The van der Waals surface area contributed by atoms with E-state index in [9.17, 15) is 14.7 Å². The highest BCUT2D eigenvalue weighted by atomic mass is 79.9. The number of carboxylic acids is 1. The van der Waals surface area contributed by atoms with Crippen molar-refractivity contribution in [1.82, 2.24) is 0 Å². The van der Waals surface area contributed by atoms with Gasteiger partial charge in [-0.25, -0.2) is 0 Å². The zero-order valence-corrected chi connectivity index (χ0v) is 14.2. The van der Waals surface area contributed by atoms with Crippen LogP contribution in [0.5, 0.6) is 5.75 Å². The zero-order valence-electron chi connectivity index (χ0n) is 12.6. The standard InChI is InChI=1S/C16H16BrNO5/c1-16-6-5-11(23-16)12(15(20)21)13(16)14(19)18-9-7-8(17)3-4-10(9)22-2/h3-7,11-13H,1-2H3,(H,18,19)(H,20,21). The third-order valence-corrected chi connectivity index (χ3v) is 4.82. The van der Waals surface area contributed by atoms with Crippen molar-refractivity contribution in [3.63, 3.8) is 0 Å². The van der Waals surface area contributed by atoms with Gasteiger partial charge >= 0.3 is 5.97 Å². The Morgan fingerprint density at radius 2 is 2.17 bits per heavy atom. The lowest BCUT2D eigenvalue weighted by Gasteiger charge is -2.28. The van der Waals surface area contributed by atoms with Gasteiger partial charge in [-0.3, -0.25) is 9.59 Å². The first-order chi connectivity index (χ1) is 10.9. The minimum absolute atomic E-state index is 0.400. The number of carboxylic acid groups (broad SMARTS) is 1. The molecule has 2 N–H and O–H groups in total. The maximum Gasteiger partial charge on any atom is 0.310 e. The van der Waals surface area contributed by atoms with Crippen LogP contribution in [-0.2, 0) is 14.3 Å². The van der Waals surface area contributed by atoms with E-state index in [0.717, 1.165) is 4.47 Å². The minimum Gasteiger partial charge on any atom is -0.495 e. The summed E-state index contributed by atoms with van der Waals surface area (Å²) in [6, 6.07) is 5.21. The van der Waals surface area contributed by atoms with E-state index >= 15 is 0 Å². The van der Waals surface area contributed by atoms with Crippen LogP contribution < -0.4 is 10.1 Å². The summed E-state index contributed by atoms with van der Waals surface area (Å²) in [6.07, 6.45) is 2.90. The number of ether oxygens (including phenoxy) is 2. The second-order valence-corrected chi connectivity index (χ2v) is 6.72. The fourth-order valence-electron chi connectivity index (χ4n) is 3.27. The summed E-state index contributed by atoms with van der Waals surface area (Å²) in [4.78, 5) is 24.3. The molecule has 6 nitrogen and oxygen atoms in total. The average molecular weight is 382 g/mol. The lowest BCUT2D eigenvalue weighted by Crippen LogP contribution is -2.44. The normalized spacial score (nSPS) is 31.2. The quantitative estimate of drug-likeness (QED) is 0.782. The Bertz CT molecular complexity index is 704. The Morgan fingerprint density at radius 1 is 1.43 bits per heavy atom. The topological polar surface area (TPSA) is 84.9 Å². The number of anilines is 1. The summed E-state index contributed by atoms with van der Waals surface area (Å²) < 4.78 is 11.7. The maximum absolute atomic E-state index is 12.7. The van der Waals surface area contributed by atoms with Gasteiger partial charge in [0.1, 0.15) is 11.7 Å². The summed E-state index contributed by atoms with van der Waals surface area (Å²) in [5.41, 5.74) is -0.428. The molecule has 0 radical (unpaired) electrons. The van der Waals surface area contributed by atoms with E-state index in [2.05, 4.69) is 21.2 Å². The van der Waals surface area contributed by atoms with E-state index in [-0.39, 0.29) is 0 Å². The number of carbonyl (C=O) groups is 2. The predicted molar refractivity (Wildman–Crippen MR) is 86.4 cm³/mol. The number of carbonyl (C=O) groups excluding carboxylic acids is 1. The van der Waals surface area contributed by atoms with Gasteiger partial charge in [0.15, 0.2) is 0 Å². The third kappa shape index (κ3) is 2.64. The first kappa shape index (κ1) is 16.0. The molecular formula is C16H16BrNO5. The summed E-state index contributed by atoms with van der Waals surface area (Å²) >= 11 is 3.34. The molecule has 0 saturated carbocycles. The Labute approximate surface area is 141 Å². The van der Waals surface area contributed by atoms with Crippen molar-refractivity contribution in [1.29, 1.82) is 0 Å². The number of halogens is 1. The molecule has 4 unspecified atom stereocenters. The maximum atomic E-state index is 12.7. The number of hydrogen-bond donors (Lipinski definition) is 2.